The van der Waals surface area contributed by atoms with E-state index in [1.165, 1.54) is 0 Å². The number of nitrogens with one attached hydrogen (secondary N) is 1. The normalized spacial score (nSPS) is 11.3. The molecule has 1 N–H and O–H groups in total. The van der Waals surface area contributed by atoms with E-state index in [0.717, 1.165) is 16.5 Å². The number of aryl methyl sites for hydroxylation is 1. The van der Waals surface area contributed by atoms with Gasteiger partial charge in [0.05, 0.1) is 17.6 Å². The van der Waals surface area contributed by atoms with E-state index in [1.807, 2.05) is 54.6 Å². The Balaban J connectivity index is 2.14. The molecule has 23 heavy (non-hydrogen) atoms. The maximum Gasteiger partial charge on any atom is 0.277 e. The number of para-hydroxylation sites is 1. The molecule has 0 unspecified atom stereocenters. The highest BCUT2D eigenvalue weighted by Crippen LogP contribution is 2.21. The molecule has 0 amide bonds. The molecule has 0 bridgehead atoms. The van der Waals surface area contributed by atoms with Crippen molar-refractivity contribution in [3.8, 4) is 0 Å². The average Bonchev–Trinajstić information content (AvgIpc) is 2.87. The number of rotatable bonds is 2. The minimum Gasteiger partial charge on any atom is -0.303 e. The first-order valence-corrected chi connectivity index (χ1v) is 7.41. The van der Waals surface area contributed by atoms with Gasteiger partial charge < -0.3 is 4.57 Å². The summed E-state index contributed by atoms with van der Waals surface area (Å²) in [4.78, 5) is 25.1. The summed E-state index contributed by atoms with van der Waals surface area (Å²) in [6, 6.07) is 17.4. The first kappa shape index (κ1) is 13.6. The number of pyridine rings is 1. The molecule has 4 rings (SSSR count). The van der Waals surface area contributed by atoms with Gasteiger partial charge >= 0.3 is 0 Å². The van der Waals surface area contributed by atoms with Crippen molar-refractivity contribution in [1.82, 2.24) is 14.3 Å². The number of hydrogen-bond acceptors (Lipinski definition) is 2. The van der Waals surface area contributed by atoms with E-state index in [0.29, 0.717) is 12.1 Å². The number of fused-ring (bicyclic) bond motifs is 3. The van der Waals surface area contributed by atoms with Gasteiger partial charge in [-0.15, -0.1) is 0 Å². The number of aromatic amines is 1. The molecule has 5 heteroatoms. The lowest BCUT2D eigenvalue weighted by Gasteiger charge is -2.12. The van der Waals surface area contributed by atoms with E-state index in [1.54, 1.807) is 16.3 Å². The first-order chi connectivity index (χ1) is 11.2. The van der Waals surface area contributed by atoms with E-state index in [4.69, 9.17) is 0 Å². The molecule has 0 aliphatic heterocycles. The highest BCUT2D eigenvalue weighted by atomic mass is 16.1. The van der Waals surface area contributed by atoms with Crippen molar-refractivity contribution in [3.05, 3.63) is 80.9 Å². The van der Waals surface area contributed by atoms with E-state index in [2.05, 4.69) is 5.10 Å². The highest BCUT2D eigenvalue weighted by Gasteiger charge is 2.16. The third-order valence-corrected chi connectivity index (χ3v) is 4.16. The van der Waals surface area contributed by atoms with Gasteiger partial charge in [0.2, 0.25) is 0 Å². The van der Waals surface area contributed by atoms with Gasteiger partial charge in [0, 0.05) is 12.4 Å². The highest BCUT2D eigenvalue weighted by molar-refractivity contribution is 6.03. The topological polar surface area (TPSA) is 59.8 Å². The van der Waals surface area contributed by atoms with Crippen molar-refractivity contribution in [1.29, 1.82) is 0 Å². The fraction of sp³-hybridized carbons (Fsp3) is 0.111. The first-order valence-electron chi connectivity index (χ1n) is 7.41. The Morgan fingerprint density at radius 2 is 1.65 bits per heavy atom. The van der Waals surface area contributed by atoms with Crippen LogP contribution >= 0.6 is 0 Å². The van der Waals surface area contributed by atoms with E-state index < -0.39 is 0 Å². The van der Waals surface area contributed by atoms with Crippen molar-refractivity contribution in [3.63, 3.8) is 0 Å². The molecule has 2 heterocycles. The molecule has 2 aromatic heterocycles. The van der Waals surface area contributed by atoms with Gasteiger partial charge in [0.15, 0.2) is 0 Å². The Hall–Kier alpha value is -3.08. The maximum absolute atomic E-state index is 12.9. The summed E-state index contributed by atoms with van der Waals surface area (Å²) in [5.41, 5.74) is 1.89. The molecule has 4 aromatic rings. The lowest BCUT2D eigenvalue weighted by Crippen LogP contribution is -2.24. The predicted octanol–water partition coefficient (Wildman–Crippen LogP) is 2.23. The van der Waals surface area contributed by atoms with Gasteiger partial charge in [-0.2, -0.15) is 0 Å². The molecule has 0 saturated heterocycles. The maximum atomic E-state index is 12.9. The molecule has 0 radical (unpaired) electrons. The van der Waals surface area contributed by atoms with Crippen LogP contribution in [0, 0.1) is 0 Å². The van der Waals surface area contributed by atoms with Crippen molar-refractivity contribution in [2.75, 3.05) is 0 Å². The van der Waals surface area contributed by atoms with Gasteiger partial charge in [-0.1, -0.05) is 48.5 Å². The molecule has 0 saturated carbocycles. The summed E-state index contributed by atoms with van der Waals surface area (Å²) >= 11 is 0. The molecular formula is C18H15N3O2. The van der Waals surface area contributed by atoms with Crippen LogP contribution in [0.3, 0.4) is 0 Å². The van der Waals surface area contributed by atoms with Crippen LogP contribution in [-0.2, 0) is 13.6 Å². The second-order valence-corrected chi connectivity index (χ2v) is 5.62. The summed E-state index contributed by atoms with van der Waals surface area (Å²) in [7, 11) is 1.75. The van der Waals surface area contributed by atoms with Crippen LogP contribution < -0.4 is 11.1 Å². The second-order valence-electron chi connectivity index (χ2n) is 5.62. The largest absolute Gasteiger partial charge is 0.303 e. The van der Waals surface area contributed by atoms with Crippen LogP contribution in [0.1, 0.15) is 5.56 Å². The molecule has 0 spiro atoms. The van der Waals surface area contributed by atoms with Crippen molar-refractivity contribution in [2.45, 2.75) is 6.54 Å². The average molecular weight is 305 g/mol. The SMILES string of the molecule is Cn1[nH]c(=O)c2c(=O)n(Cc3ccccc3)c3ccccc3c21. The molecular weight excluding hydrogens is 290 g/mol. The van der Waals surface area contributed by atoms with E-state index >= 15 is 0 Å². The summed E-state index contributed by atoms with van der Waals surface area (Å²) in [6.07, 6.45) is 0. The minimum absolute atomic E-state index is 0.210. The Morgan fingerprint density at radius 1 is 0.957 bits per heavy atom. The Kier molecular flexibility index (Phi) is 2.94. The van der Waals surface area contributed by atoms with Crippen molar-refractivity contribution in [2.24, 2.45) is 7.05 Å². The van der Waals surface area contributed by atoms with Crippen molar-refractivity contribution < 1.29 is 0 Å². The fourth-order valence-electron chi connectivity index (χ4n) is 3.13. The summed E-state index contributed by atoms with van der Waals surface area (Å²) in [6.45, 7) is 0.435. The number of hydrogen-bond donors (Lipinski definition) is 1. The number of nitrogens with zero attached hydrogens (tertiary/aromatic N) is 2. The predicted molar refractivity (Wildman–Crippen MR) is 90.8 cm³/mol. The van der Waals surface area contributed by atoms with Crippen LogP contribution in [0.4, 0.5) is 0 Å². The molecule has 0 aliphatic rings. The van der Waals surface area contributed by atoms with Gasteiger partial charge in [-0.05, 0) is 11.6 Å². The monoisotopic (exact) mass is 305 g/mol. The molecule has 0 atom stereocenters. The summed E-state index contributed by atoms with van der Waals surface area (Å²) < 4.78 is 3.29. The molecule has 114 valence electrons. The van der Waals surface area contributed by atoms with Crippen LogP contribution in [0.2, 0.25) is 0 Å². The zero-order valence-corrected chi connectivity index (χ0v) is 12.6. The lowest BCUT2D eigenvalue weighted by molar-refractivity contribution is 0.784. The molecule has 0 fully saturated rings. The fourth-order valence-corrected chi connectivity index (χ4v) is 3.13. The third-order valence-electron chi connectivity index (χ3n) is 4.16. The van der Waals surface area contributed by atoms with Crippen LogP contribution in [0.25, 0.3) is 21.8 Å². The molecule has 5 nitrogen and oxygen atoms in total. The zero-order chi connectivity index (χ0) is 16.0. The standard InChI is InChI=1S/C18H15N3O2/c1-20-16-13-9-5-6-10-14(13)21(11-12-7-3-2-4-8-12)18(23)15(16)17(22)19-20/h2-10H,11H2,1H3,(H,19,22). The van der Waals surface area contributed by atoms with Crippen LogP contribution in [-0.4, -0.2) is 14.3 Å². The quantitative estimate of drug-likeness (QED) is 0.617. The Labute approximate surface area is 131 Å². The summed E-state index contributed by atoms with van der Waals surface area (Å²) in [5.74, 6) is 0. The van der Waals surface area contributed by atoms with Gasteiger partial charge in [-0.25, -0.2) is 0 Å². The number of benzene rings is 2. The van der Waals surface area contributed by atoms with Gasteiger partial charge in [0.25, 0.3) is 11.1 Å². The second kappa shape index (κ2) is 4.98. The number of aromatic nitrogens is 3. The van der Waals surface area contributed by atoms with Crippen LogP contribution in [0.5, 0.6) is 0 Å². The van der Waals surface area contributed by atoms with Gasteiger partial charge in [0.1, 0.15) is 5.39 Å². The van der Waals surface area contributed by atoms with Gasteiger partial charge in [-0.3, -0.25) is 19.4 Å². The third kappa shape index (κ3) is 2.01. The van der Waals surface area contributed by atoms with Crippen LogP contribution in [0.15, 0.2) is 64.2 Å². The van der Waals surface area contributed by atoms with E-state index in [-0.39, 0.29) is 16.5 Å². The molecule has 0 aliphatic carbocycles. The zero-order valence-electron chi connectivity index (χ0n) is 12.6. The Bertz CT molecular complexity index is 1130. The lowest BCUT2D eigenvalue weighted by atomic mass is 10.1. The van der Waals surface area contributed by atoms with E-state index in [9.17, 15) is 9.59 Å². The minimum atomic E-state index is -0.347. The smallest absolute Gasteiger partial charge is 0.277 e. The molecule has 2 aromatic carbocycles. The van der Waals surface area contributed by atoms with Crippen molar-refractivity contribution >= 4 is 21.8 Å². The number of H-pyrrole nitrogens is 1. The summed E-state index contributed by atoms with van der Waals surface area (Å²) in [5, 5.41) is 3.79. The Morgan fingerprint density at radius 3 is 2.43 bits per heavy atom.